The molecule has 0 radical (unpaired) electrons. The number of nitrogens with zero attached hydrogens (tertiary/aromatic N) is 3. The van der Waals surface area contributed by atoms with Crippen LogP contribution >= 0.6 is 15.9 Å². The Labute approximate surface area is 127 Å². The molecule has 0 aromatic carbocycles. The first-order valence-electron chi connectivity index (χ1n) is 6.95. The Hall–Kier alpha value is -1.01. The number of methoxy groups -OCH3 is 1. The minimum Gasteiger partial charge on any atom is -0.469 e. The number of aromatic nitrogens is 2. The van der Waals surface area contributed by atoms with Crippen LogP contribution in [0.2, 0.25) is 0 Å². The molecule has 1 aromatic rings. The maximum Gasteiger partial charge on any atom is 0.305 e. The van der Waals surface area contributed by atoms with Gasteiger partial charge in [0.05, 0.1) is 11.6 Å². The topological polar surface area (TPSA) is 55.3 Å². The Morgan fingerprint density at radius 2 is 2.25 bits per heavy atom. The third-order valence-corrected chi connectivity index (χ3v) is 4.00. The molecule has 5 nitrogen and oxygen atoms in total. The van der Waals surface area contributed by atoms with Gasteiger partial charge in [0.15, 0.2) is 0 Å². The second-order valence-electron chi connectivity index (χ2n) is 5.08. The van der Waals surface area contributed by atoms with E-state index in [2.05, 4.69) is 35.5 Å². The maximum atomic E-state index is 11.1. The summed E-state index contributed by atoms with van der Waals surface area (Å²) in [6.07, 6.45) is 7.24. The van der Waals surface area contributed by atoms with Gasteiger partial charge in [-0.3, -0.25) is 4.79 Å². The smallest absolute Gasteiger partial charge is 0.305 e. The van der Waals surface area contributed by atoms with Crippen molar-refractivity contribution in [3.05, 3.63) is 22.7 Å². The van der Waals surface area contributed by atoms with Gasteiger partial charge < -0.3 is 9.64 Å². The molecule has 1 aliphatic heterocycles. The molecule has 1 saturated heterocycles. The van der Waals surface area contributed by atoms with Gasteiger partial charge in [-0.15, -0.1) is 0 Å². The number of likely N-dealkylation sites (tertiary alicyclic amines) is 1. The van der Waals surface area contributed by atoms with Gasteiger partial charge >= 0.3 is 5.97 Å². The minimum absolute atomic E-state index is 0.130. The summed E-state index contributed by atoms with van der Waals surface area (Å²) in [5, 5.41) is 0. The van der Waals surface area contributed by atoms with Crippen molar-refractivity contribution in [2.45, 2.75) is 31.6 Å². The highest BCUT2D eigenvalue weighted by molar-refractivity contribution is 9.10. The van der Waals surface area contributed by atoms with Gasteiger partial charge in [-0.1, -0.05) is 0 Å². The molecule has 1 unspecified atom stereocenters. The molecular weight excluding hydrogens is 322 g/mol. The van der Waals surface area contributed by atoms with Gasteiger partial charge in [0, 0.05) is 31.3 Å². The number of carbonyl (C=O) groups is 1. The lowest BCUT2D eigenvalue weighted by Crippen LogP contribution is -2.35. The normalized spacial score (nSPS) is 19.8. The fraction of sp³-hybridized carbons (Fsp3) is 0.643. The first-order valence-corrected chi connectivity index (χ1v) is 7.75. The Balaban J connectivity index is 1.82. The molecule has 0 aliphatic carbocycles. The number of rotatable bonds is 5. The van der Waals surface area contributed by atoms with E-state index in [4.69, 9.17) is 0 Å². The summed E-state index contributed by atoms with van der Waals surface area (Å²) in [6, 6.07) is 0. The summed E-state index contributed by atoms with van der Waals surface area (Å²) in [5.41, 5.74) is 0. The zero-order chi connectivity index (χ0) is 14.4. The fourth-order valence-electron chi connectivity index (χ4n) is 2.55. The zero-order valence-corrected chi connectivity index (χ0v) is 13.3. The molecule has 20 heavy (non-hydrogen) atoms. The van der Waals surface area contributed by atoms with Gasteiger partial charge in [-0.2, -0.15) is 0 Å². The van der Waals surface area contributed by atoms with Crippen LogP contribution in [0.4, 0.5) is 0 Å². The van der Waals surface area contributed by atoms with Gasteiger partial charge in [-0.05, 0) is 48.3 Å². The summed E-state index contributed by atoms with van der Waals surface area (Å²) in [7, 11) is 1.43. The lowest BCUT2D eigenvalue weighted by molar-refractivity contribution is -0.140. The molecule has 0 N–H and O–H groups in total. The molecule has 1 aliphatic rings. The molecule has 2 rings (SSSR count). The molecule has 0 amide bonds. The van der Waals surface area contributed by atoms with Crippen LogP contribution in [0, 0.1) is 0 Å². The van der Waals surface area contributed by atoms with E-state index in [1.165, 1.54) is 7.11 Å². The molecule has 1 fully saturated rings. The summed E-state index contributed by atoms with van der Waals surface area (Å²) >= 11 is 3.36. The first kappa shape index (κ1) is 15.4. The Kier molecular flexibility index (Phi) is 5.91. The standard InChI is InChI=1S/C14H20BrN3O2/c1-20-13(19)5-3-7-18-6-2-4-11(10-18)14-16-8-12(15)9-17-14/h8-9,11H,2-7,10H2,1H3. The second-order valence-corrected chi connectivity index (χ2v) is 5.99. The van der Waals surface area contributed by atoms with Crippen molar-refractivity contribution in [3.63, 3.8) is 0 Å². The van der Waals surface area contributed by atoms with Gasteiger partial charge in [0.2, 0.25) is 0 Å². The number of carbonyl (C=O) groups excluding carboxylic acids is 1. The molecule has 6 heteroatoms. The monoisotopic (exact) mass is 341 g/mol. The lowest BCUT2D eigenvalue weighted by Gasteiger charge is -2.31. The van der Waals surface area contributed by atoms with E-state index >= 15 is 0 Å². The van der Waals surface area contributed by atoms with Crippen molar-refractivity contribution in [1.82, 2.24) is 14.9 Å². The van der Waals surface area contributed by atoms with E-state index in [0.717, 1.165) is 49.2 Å². The Morgan fingerprint density at radius 1 is 1.50 bits per heavy atom. The Morgan fingerprint density at radius 3 is 2.95 bits per heavy atom. The highest BCUT2D eigenvalue weighted by atomic mass is 79.9. The maximum absolute atomic E-state index is 11.1. The highest BCUT2D eigenvalue weighted by Gasteiger charge is 2.23. The molecule has 0 spiro atoms. The van der Waals surface area contributed by atoms with Crippen LogP contribution in [0.25, 0.3) is 0 Å². The Bertz CT molecular complexity index is 439. The fourth-order valence-corrected chi connectivity index (χ4v) is 2.76. The SMILES string of the molecule is COC(=O)CCCN1CCCC(c2ncc(Br)cn2)C1. The van der Waals surface area contributed by atoms with Gasteiger partial charge in [0.25, 0.3) is 0 Å². The number of esters is 1. The number of hydrogen-bond acceptors (Lipinski definition) is 5. The van der Waals surface area contributed by atoms with Crippen LogP contribution < -0.4 is 0 Å². The van der Waals surface area contributed by atoms with E-state index in [9.17, 15) is 4.79 Å². The van der Waals surface area contributed by atoms with Crippen LogP contribution in [0.1, 0.15) is 37.4 Å². The van der Waals surface area contributed by atoms with Crippen LogP contribution in [-0.2, 0) is 9.53 Å². The summed E-state index contributed by atoms with van der Waals surface area (Å²) in [4.78, 5) is 22.3. The zero-order valence-electron chi connectivity index (χ0n) is 11.7. The molecular formula is C14H20BrN3O2. The van der Waals surface area contributed by atoms with Crippen molar-refractivity contribution < 1.29 is 9.53 Å². The molecule has 0 bridgehead atoms. The van der Waals surface area contributed by atoms with Crippen LogP contribution in [-0.4, -0.2) is 47.6 Å². The molecule has 0 saturated carbocycles. The van der Waals surface area contributed by atoms with E-state index in [1.54, 1.807) is 12.4 Å². The van der Waals surface area contributed by atoms with Crippen molar-refractivity contribution in [1.29, 1.82) is 0 Å². The third-order valence-electron chi connectivity index (χ3n) is 3.59. The number of ether oxygens (including phenoxy) is 1. The lowest BCUT2D eigenvalue weighted by atomic mass is 9.97. The van der Waals surface area contributed by atoms with Crippen LogP contribution in [0.15, 0.2) is 16.9 Å². The van der Waals surface area contributed by atoms with E-state index < -0.39 is 0 Å². The predicted molar refractivity (Wildman–Crippen MR) is 79.4 cm³/mol. The van der Waals surface area contributed by atoms with Crippen molar-refractivity contribution >= 4 is 21.9 Å². The number of piperidine rings is 1. The van der Waals surface area contributed by atoms with Crippen molar-refractivity contribution in [3.8, 4) is 0 Å². The van der Waals surface area contributed by atoms with Crippen LogP contribution in [0.3, 0.4) is 0 Å². The highest BCUT2D eigenvalue weighted by Crippen LogP contribution is 2.24. The summed E-state index contributed by atoms with van der Waals surface area (Å²) in [6.45, 7) is 3.00. The average molecular weight is 342 g/mol. The summed E-state index contributed by atoms with van der Waals surface area (Å²) < 4.78 is 5.57. The number of hydrogen-bond donors (Lipinski definition) is 0. The molecule has 110 valence electrons. The van der Waals surface area contributed by atoms with E-state index in [-0.39, 0.29) is 5.97 Å². The molecule has 2 heterocycles. The minimum atomic E-state index is -0.130. The first-order chi connectivity index (χ1) is 9.69. The van der Waals surface area contributed by atoms with Gasteiger partial charge in [-0.25, -0.2) is 9.97 Å². The summed E-state index contributed by atoms with van der Waals surface area (Å²) in [5.74, 6) is 1.19. The molecule has 1 atom stereocenters. The molecule has 1 aromatic heterocycles. The van der Waals surface area contributed by atoms with E-state index in [0.29, 0.717) is 12.3 Å². The number of halogens is 1. The quantitative estimate of drug-likeness (QED) is 0.769. The van der Waals surface area contributed by atoms with Crippen LogP contribution in [0.5, 0.6) is 0 Å². The predicted octanol–water partition coefficient (Wildman–Crippen LogP) is 2.37. The largest absolute Gasteiger partial charge is 0.469 e. The van der Waals surface area contributed by atoms with Crippen molar-refractivity contribution in [2.24, 2.45) is 0 Å². The second kappa shape index (κ2) is 7.69. The van der Waals surface area contributed by atoms with Crippen molar-refractivity contribution in [2.75, 3.05) is 26.7 Å². The average Bonchev–Trinajstić information content (AvgIpc) is 2.48. The van der Waals surface area contributed by atoms with E-state index in [1.807, 2.05) is 0 Å². The van der Waals surface area contributed by atoms with Gasteiger partial charge in [0.1, 0.15) is 5.82 Å². The third kappa shape index (κ3) is 4.52.